The minimum Gasteiger partial charge on any atom is -0.480 e. The minimum absolute atomic E-state index is 0.112. The van der Waals surface area contributed by atoms with E-state index < -0.39 is 0 Å². The van der Waals surface area contributed by atoms with E-state index in [2.05, 4.69) is 35.5 Å². The second kappa shape index (κ2) is 10.5. The van der Waals surface area contributed by atoms with E-state index in [9.17, 15) is 9.59 Å². The number of ether oxygens (including phenoxy) is 1. The fourth-order valence-electron chi connectivity index (χ4n) is 4.28. The quantitative estimate of drug-likeness (QED) is 0.348. The molecule has 1 amide bonds. The predicted molar refractivity (Wildman–Crippen MR) is 138 cm³/mol. The molecule has 4 heterocycles. The van der Waals surface area contributed by atoms with E-state index in [4.69, 9.17) is 4.74 Å². The van der Waals surface area contributed by atoms with Crippen LogP contribution >= 0.6 is 0 Å². The van der Waals surface area contributed by atoms with Crippen LogP contribution < -0.4 is 20.9 Å². The van der Waals surface area contributed by atoms with E-state index in [-0.39, 0.29) is 11.5 Å². The van der Waals surface area contributed by atoms with Crippen LogP contribution in [0, 0.1) is 0 Å². The van der Waals surface area contributed by atoms with E-state index in [1.165, 1.54) is 26.1 Å². The maximum absolute atomic E-state index is 12.6. The largest absolute Gasteiger partial charge is 0.480 e. The van der Waals surface area contributed by atoms with Crippen LogP contribution in [0.15, 0.2) is 59.8 Å². The molecule has 36 heavy (non-hydrogen) atoms. The van der Waals surface area contributed by atoms with Crippen LogP contribution in [0.5, 0.6) is 5.88 Å². The van der Waals surface area contributed by atoms with Crippen LogP contribution in [0.25, 0.3) is 22.2 Å². The van der Waals surface area contributed by atoms with Crippen molar-refractivity contribution in [2.45, 2.75) is 12.8 Å². The van der Waals surface area contributed by atoms with Gasteiger partial charge in [0.1, 0.15) is 11.5 Å². The highest BCUT2D eigenvalue weighted by molar-refractivity contribution is 5.96. The van der Waals surface area contributed by atoms with Gasteiger partial charge in [0, 0.05) is 30.5 Å². The summed E-state index contributed by atoms with van der Waals surface area (Å²) in [6, 6.07) is 10.7. The van der Waals surface area contributed by atoms with Crippen molar-refractivity contribution in [2.75, 3.05) is 38.6 Å². The van der Waals surface area contributed by atoms with E-state index in [0.29, 0.717) is 51.7 Å². The van der Waals surface area contributed by atoms with Crippen molar-refractivity contribution in [3.63, 3.8) is 0 Å². The van der Waals surface area contributed by atoms with Crippen molar-refractivity contribution < 1.29 is 9.53 Å². The summed E-state index contributed by atoms with van der Waals surface area (Å²) in [5.74, 6) is 0.625. The monoisotopic (exact) mass is 485 g/mol. The van der Waals surface area contributed by atoms with Crippen LogP contribution in [0.1, 0.15) is 23.2 Å². The zero-order chi connectivity index (χ0) is 24.9. The Bertz CT molecular complexity index is 1430. The number of anilines is 2. The van der Waals surface area contributed by atoms with Crippen molar-refractivity contribution in [1.82, 2.24) is 30.2 Å². The molecule has 10 heteroatoms. The number of carbonyl (C=O) groups excluding carboxylic acids is 1. The number of benzene rings is 1. The molecule has 0 spiro atoms. The molecule has 0 saturated carbocycles. The third-order valence-corrected chi connectivity index (χ3v) is 6.16. The average molecular weight is 486 g/mol. The van der Waals surface area contributed by atoms with Crippen LogP contribution in [0.3, 0.4) is 0 Å². The standard InChI is InChI=1S/C26H27N7O3/c1-36-22-16-27-15-21(31-22)20-14-18-8-9-28-26(35)23(18)24(32-20)30-19-6-4-17(5-7-19)25(34)29-10-13-33-11-2-3-12-33/h4-9,14-16H,2-3,10-13H2,1H3,(H,28,35)(H,29,34)(H,30,32). The van der Waals surface area contributed by atoms with Gasteiger partial charge in [0.05, 0.1) is 30.6 Å². The summed E-state index contributed by atoms with van der Waals surface area (Å²) in [4.78, 5) is 43.5. The number of hydrogen-bond donors (Lipinski definition) is 3. The number of aromatic amines is 1. The molecule has 1 aliphatic rings. The summed E-state index contributed by atoms with van der Waals surface area (Å²) < 4.78 is 5.18. The number of methoxy groups -OCH3 is 1. The minimum atomic E-state index is -0.264. The van der Waals surface area contributed by atoms with Crippen LogP contribution in [0.2, 0.25) is 0 Å². The van der Waals surface area contributed by atoms with E-state index in [0.717, 1.165) is 19.6 Å². The molecule has 1 aromatic carbocycles. The lowest BCUT2D eigenvalue weighted by molar-refractivity contribution is 0.0950. The van der Waals surface area contributed by atoms with E-state index in [1.54, 1.807) is 48.8 Å². The molecule has 0 atom stereocenters. The number of fused-ring (bicyclic) bond motifs is 1. The van der Waals surface area contributed by atoms with Gasteiger partial charge < -0.3 is 25.3 Å². The van der Waals surface area contributed by atoms with E-state index >= 15 is 0 Å². The number of amides is 1. The number of pyridine rings is 2. The molecule has 1 saturated heterocycles. The Morgan fingerprint density at radius 2 is 1.89 bits per heavy atom. The van der Waals surface area contributed by atoms with Gasteiger partial charge in [0.2, 0.25) is 5.88 Å². The summed E-state index contributed by atoms with van der Waals surface area (Å²) in [6.45, 7) is 3.70. The van der Waals surface area contributed by atoms with Crippen molar-refractivity contribution in [3.05, 3.63) is 70.9 Å². The van der Waals surface area contributed by atoms with E-state index in [1.807, 2.05) is 0 Å². The third kappa shape index (κ3) is 5.18. The smallest absolute Gasteiger partial charge is 0.259 e. The molecule has 10 nitrogen and oxygen atoms in total. The van der Waals surface area contributed by atoms with Crippen LogP contribution in [-0.4, -0.2) is 64.0 Å². The van der Waals surface area contributed by atoms with Crippen molar-refractivity contribution in [2.24, 2.45) is 0 Å². The van der Waals surface area contributed by atoms with Crippen molar-refractivity contribution in [3.8, 4) is 17.3 Å². The van der Waals surface area contributed by atoms with Crippen molar-refractivity contribution >= 4 is 28.2 Å². The normalized spacial score (nSPS) is 13.6. The maximum atomic E-state index is 12.6. The summed E-state index contributed by atoms with van der Waals surface area (Å²) in [6.07, 6.45) is 7.15. The lowest BCUT2D eigenvalue weighted by Crippen LogP contribution is -2.33. The first-order valence-electron chi connectivity index (χ1n) is 11.9. The highest BCUT2D eigenvalue weighted by atomic mass is 16.5. The molecule has 1 fully saturated rings. The average Bonchev–Trinajstić information content (AvgIpc) is 3.42. The molecule has 4 aromatic rings. The summed E-state index contributed by atoms with van der Waals surface area (Å²) in [5, 5.41) is 7.32. The number of H-pyrrole nitrogens is 1. The van der Waals surface area contributed by atoms with Gasteiger partial charge in [-0.3, -0.25) is 14.6 Å². The second-order valence-electron chi connectivity index (χ2n) is 8.58. The van der Waals surface area contributed by atoms with Crippen LogP contribution in [0.4, 0.5) is 11.5 Å². The molecular formula is C26H27N7O3. The van der Waals surface area contributed by atoms with Gasteiger partial charge in [-0.2, -0.15) is 0 Å². The first-order valence-corrected chi connectivity index (χ1v) is 11.9. The zero-order valence-electron chi connectivity index (χ0n) is 20.0. The molecule has 0 unspecified atom stereocenters. The third-order valence-electron chi connectivity index (χ3n) is 6.16. The van der Waals surface area contributed by atoms with Gasteiger partial charge in [0.25, 0.3) is 11.5 Å². The molecule has 0 radical (unpaired) electrons. The maximum Gasteiger partial charge on any atom is 0.259 e. The Hall–Kier alpha value is -4.31. The van der Waals surface area contributed by atoms with Gasteiger partial charge in [-0.05, 0) is 67.7 Å². The molecule has 0 aliphatic carbocycles. The molecule has 5 rings (SSSR count). The fraction of sp³-hybridized carbons (Fsp3) is 0.269. The lowest BCUT2D eigenvalue weighted by atomic mass is 10.1. The number of rotatable bonds is 8. The number of likely N-dealkylation sites (tertiary alicyclic amines) is 1. The number of nitrogens with one attached hydrogen (secondary N) is 3. The Kier molecular flexibility index (Phi) is 6.85. The van der Waals surface area contributed by atoms with Gasteiger partial charge in [-0.15, -0.1) is 0 Å². The van der Waals surface area contributed by atoms with Crippen molar-refractivity contribution in [1.29, 1.82) is 0 Å². The number of carbonyl (C=O) groups is 1. The molecule has 1 aliphatic heterocycles. The molecular weight excluding hydrogens is 458 g/mol. The van der Waals surface area contributed by atoms with Gasteiger partial charge >= 0.3 is 0 Å². The number of hydrogen-bond acceptors (Lipinski definition) is 8. The second-order valence-corrected chi connectivity index (χ2v) is 8.58. The number of nitrogens with zero attached hydrogens (tertiary/aromatic N) is 4. The SMILES string of the molecule is COc1cncc(-c2cc3cc[nH]c(=O)c3c(Nc3ccc(C(=O)NCCN4CCCC4)cc3)n2)n1. The fourth-order valence-corrected chi connectivity index (χ4v) is 4.28. The zero-order valence-corrected chi connectivity index (χ0v) is 20.0. The molecule has 184 valence electrons. The molecule has 0 bridgehead atoms. The topological polar surface area (TPSA) is 125 Å². The van der Waals surface area contributed by atoms with Gasteiger partial charge in [0.15, 0.2) is 0 Å². The van der Waals surface area contributed by atoms with Crippen LogP contribution in [-0.2, 0) is 0 Å². The Labute approximate surface area is 207 Å². The van der Waals surface area contributed by atoms with Gasteiger partial charge in [-0.25, -0.2) is 9.97 Å². The molecule has 3 aromatic heterocycles. The Morgan fingerprint density at radius 1 is 1.08 bits per heavy atom. The highest BCUT2D eigenvalue weighted by Gasteiger charge is 2.14. The summed E-state index contributed by atoms with van der Waals surface area (Å²) in [5.41, 5.74) is 2.05. The summed E-state index contributed by atoms with van der Waals surface area (Å²) >= 11 is 0. The highest BCUT2D eigenvalue weighted by Crippen LogP contribution is 2.27. The predicted octanol–water partition coefficient (Wildman–Crippen LogP) is 2.96. The molecule has 3 N–H and O–H groups in total. The number of aromatic nitrogens is 4. The first-order chi connectivity index (χ1) is 17.6. The Balaban J connectivity index is 1.37. The van der Waals surface area contributed by atoms with Gasteiger partial charge in [-0.1, -0.05) is 0 Å². The lowest BCUT2D eigenvalue weighted by Gasteiger charge is -2.15. The Morgan fingerprint density at radius 3 is 2.67 bits per heavy atom. The summed E-state index contributed by atoms with van der Waals surface area (Å²) in [7, 11) is 1.52. The first kappa shape index (κ1) is 23.4.